The minimum atomic E-state index is -0.425. The number of benzene rings is 1. The Bertz CT molecular complexity index is 487. The number of nitro benzene ring substituents is 1. The van der Waals surface area contributed by atoms with Crippen LogP contribution >= 0.6 is 0 Å². The van der Waals surface area contributed by atoms with E-state index >= 15 is 0 Å². The van der Waals surface area contributed by atoms with Crippen molar-refractivity contribution in [3.8, 4) is 6.07 Å². The van der Waals surface area contributed by atoms with Crippen LogP contribution in [0, 0.1) is 27.4 Å². The monoisotopic (exact) mass is 231 g/mol. The Kier molecular flexibility index (Phi) is 2.96. The maximum Gasteiger partial charge on any atom is 0.292 e. The van der Waals surface area contributed by atoms with Crippen molar-refractivity contribution in [3.05, 3.63) is 33.9 Å². The summed E-state index contributed by atoms with van der Waals surface area (Å²) in [6, 6.07) is 6.66. The third kappa shape index (κ3) is 2.36. The average Bonchev–Trinajstić information content (AvgIpc) is 2.26. The first-order valence-electron chi connectivity index (χ1n) is 5.55. The molecule has 1 aliphatic rings. The summed E-state index contributed by atoms with van der Waals surface area (Å²) < 4.78 is 0. The molecule has 0 aliphatic heterocycles. The van der Waals surface area contributed by atoms with Crippen molar-refractivity contribution in [2.75, 3.05) is 5.32 Å². The number of nitriles is 1. The lowest BCUT2D eigenvalue weighted by Crippen LogP contribution is -2.33. The smallest absolute Gasteiger partial charge is 0.292 e. The van der Waals surface area contributed by atoms with Crippen LogP contribution in [0.5, 0.6) is 0 Å². The van der Waals surface area contributed by atoms with Gasteiger partial charge in [-0.1, -0.05) is 6.92 Å². The maximum absolute atomic E-state index is 10.9. The van der Waals surface area contributed by atoms with Gasteiger partial charge in [-0.25, -0.2) is 0 Å². The summed E-state index contributed by atoms with van der Waals surface area (Å²) in [6.07, 6.45) is 2.04. The van der Waals surface area contributed by atoms with Gasteiger partial charge in [-0.2, -0.15) is 5.26 Å². The van der Waals surface area contributed by atoms with Gasteiger partial charge in [0.2, 0.25) is 0 Å². The van der Waals surface area contributed by atoms with Crippen LogP contribution in [-0.2, 0) is 0 Å². The van der Waals surface area contributed by atoms with Crippen LogP contribution in [0.1, 0.15) is 25.3 Å². The lowest BCUT2D eigenvalue weighted by molar-refractivity contribution is -0.384. The van der Waals surface area contributed by atoms with Crippen molar-refractivity contribution in [1.82, 2.24) is 0 Å². The van der Waals surface area contributed by atoms with Crippen LogP contribution in [-0.4, -0.2) is 11.0 Å². The Labute approximate surface area is 99.2 Å². The van der Waals surface area contributed by atoms with Crippen molar-refractivity contribution in [3.63, 3.8) is 0 Å². The first-order valence-corrected chi connectivity index (χ1v) is 5.55. The summed E-state index contributed by atoms with van der Waals surface area (Å²) in [5.74, 6) is 0.672. The molecule has 2 rings (SSSR count). The molecule has 1 N–H and O–H groups in total. The van der Waals surface area contributed by atoms with E-state index in [0.29, 0.717) is 17.2 Å². The summed E-state index contributed by atoms with van der Waals surface area (Å²) in [5.41, 5.74) is 0.917. The second kappa shape index (κ2) is 4.42. The van der Waals surface area contributed by atoms with Crippen LogP contribution in [0.4, 0.5) is 11.4 Å². The molecule has 5 nitrogen and oxygen atoms in total. The van der Waals surface area contributed by atoms with Crippen LogP contribution in [0.3, 0.4) is 0 Å². The molecule has 0 bridgehead atoms. The molecule has 1 saturated carbocycles. The molecular weight excluding hydrogens is 218 g/mol. The molecule has 0 unspecified atom stereocenters. The number of nitrogens with one attached hydrogen (secondary N) is 1. The highest BCUT2D eigenvalue weighted by Crippen LogP contribution is 2.33. The number of hydrogen-bond donors (Lipinski definition) is 1. The summed E-state index contributed by atoms with van der Waals surface area (Å²) in [7, 11) is 0. The molecule has 88 valence electrons. The number of hydrogen-bond acceptors (Lipinski definition) is 4. The van der Waals surface area contributed by atoms with Gasteiger partial charge in [0.25, 0.3) is 5.69 Å². The summed E-state index contributed by atoms with van der Waals surface area (Å²) in [5, 5.41) is 22.8. The first-order chi connectivity index (χ1) is 8.10. The lowest BCUT2D eigenvalue weighted by atomic mass is 9.82. The van der Waals surface area contributed by atoms with Crippen molar-refractivity contribution in [1.29, 1.82) is 5.26 Å². The largest absolute Gasteiger partial charge is 0.377 e. The standard InChI is InChI=1S/C12H13N3O2/c1-8-4-10(5-8)14-11-6-9(7-13)2-3-12(11)15(16)17/h2-3,6,8,10,14H,4-5H2,1H3. The molecule has 0 heterocycles. The van der Waals surface area contributed by atoms with Gasteiger partial charge in [-0.05, 0) is 30.9 Å². The zero-order chi connectivity index (χ0) is 12.4. The quantitative estimate of drug-likeness (QED) is 0.640. The third-order valence-corrected chi connectivity index (χ3v) is 3.06. The van der Waals surface area contributed by atoms with Crippen molar-refractivity contribution in [2.24, 2.45) is 5.92 Å². The number of anilines is 1. The van der Waals surface area contributed by atoms with E-state index in [-0.39, 0.29) is 11.7 Å². The van der Waals surface area contributed by atoms with Gasteiger partial charge >= 0.3 is 0 Å². The fourth-order valence-corrected chi connectivity index (χ4v) is 2.12. The van der Waals surface area contributed by atoms with Crippen molar-refractivity contribution < 1.29 is 4.92 Å². The Hall–Kier alpha value is -2.09. The Morgan fingerprint density at radius 2 is 2.24 bits per heavy atom. The predicted molar refractivity (Wildman–Crippen MR) is 63.6 cm³/mol. The molecule has 0 aromatic heterocycles. The van der Waals surface area contributed by atoms with Gasteiger partial charge in [0, 0.05) is 12.1 Å². The van der Waals surface area contributed by atoms with Crippen LogP contribution in [0.2, 0.25) is 0 Å². The van der Waals surface area contributed by atoms with Crippen LogP contribution in [0.15, 0.2) is 18.2 Å². The van der Waals surface area contributed by atoms with Gasteiger partial charge in [0.1, 0.15) is 5.69 Å². The summed E-state index contributed by atoms with van der Waals surface area (Å²) in [6.45, 7) is 2.15. The van der Waals surface area contributed by atoms with Gasteiger partial charge in [-0.3, -0.25) is 10.1 Å². The molecule has 0 saturated heterocycles. The van der Waals surface area contributed by atoms with E-state index in [0.717, 1.165) is 12.8 Å². The topological polar surface area (TPSA) is 79.0 Å². The summed E-state index contributed by atoms with van der Waals surface area (Å²) in [4.78, 5) is 10.4. The molecule has 0 atom stereocenters. The molecule has 1 aliphatic carbocycles. The second-order valence-corrected chi connectivity index (χ2v) is 4.52. The van der Waals surface area contributed by atoms with Crippen LogP contribution < -0.4 is 5.32 Å². The molecular formula is C12H13N3O2. The highest BCUT2D eigenvalue weighted by Gasteiger charge is 2.27. The molecule has 17 heavy (non-hydrogen) atoms. The highest BCUT2D eigenvalue weighted by atomic mass is 16.6. The number of nitrogens with zero attached hydrogens (tertiary/aromatic N) is 2. The highest BCUT2D eigenvalue weighted by molar-refractivity contribution is 5.64. The zero-order valence-corrected chi connectivity index (χ0v) is 9.51. The molecule has 0 spiro atoms. The minimum Gasteiger partial charge on any atom is -0.377 e. The van der Waals surface area contributed by atoms with E-state index in [1.165, 1.54) is 12.1 Å². The van der Waals surface area contributed by atoms with E-state index in [4.69, 9.17) is 5.26 Å². The fourth-order valence-electron chi connectivity index (χ4n) is 2.12. The average molecular weight is 231 g/mol. The zero-order valence-electron chi connectivity index (χ0n) is 9.51. The van der Waals surface area contributed by atoms with Crippen LogP contribution in [0.25, 0.3) is 0 Å². The summed E-state index contributed by atoms with van der Waals surface area (Å²) >= 11 is 0. The minimum absolute atomic E-state index is 0.0311. The molecule has 1 aromatic carbocycles. The van der Waals surface area contributed by atoms with E-state index < -0.39 is 4.92 Å². The van der Waals surface area contributed by atoms with Gasteiger partial charge in [0.05, 0.1) is 16.6 Å². The van der Waals surface area contributed by atoms with E-state index in [1.807, 2.05) is 6.07 Å². The Morgan fingerprint density at radius 3 is 2.76 bits per heavy atom. The molecule has 0 radical (unpaired) electrons. The van der Waals surface area contributed by atoms with Gasteiger partial charge in [-0.15, -0.1) is 0 Å². The van der Waals surface area contributed by atoms with Gasteiger partial charge in [0.15, 0.2) is 0 Å². The molecule has 1 fully saturated rings. The molecule has 0 amide bonds. The Morgan fingerprint density at radius 1 is 1.53 bits per heavy atom. The lowest BCUT2D eigenvalue weighted by Gasteiger charge is -2.33. The predicted octanol–water partition coefficient (Wildman–Crippen LogP) is 2.68. The fraction of sp³-hybridized carbons (Fsp3) is 0.417. The number of nitro groups is 1. The molecule has 1 aromatic rings. The third-order valence-electron chi connectivity index (χ3n) is 3.06. The Balaban J connectivity index is 2.23. The maximum atomic E-state index is 10.9. The van der Waals surface area contributed by atoms with Crippen molar-refractivity contribution >= 4 is 11.4 Å². The van der Waals surface area contributed by atoms with E-state index in [2.05, 4.69) is 12.2 Å². The van der Waals surface area contributed by atoms with Crippen molar-refractivity contribution in [2.45, 2.75) is 25.8 Å². The molecule has 5 heteroatoms. The van der Waals surface area contributed by atoms with Gasteiger partial charge < -0.3 is 5.32 Å². The SMILES string of the molecule is CC1CC(Nc2cc(C#N)ccc2[N+](=O)[O-])C1. The van der Waals surface area contributed by atoms with E-state index in [1.54, 1.807) is 6.07 Å². The first kappa shape index (κ1) is 11.4. The number of rotatable bonds is 3. The normalized spacial score (nSPS) is 22.4. The van der Waals surface area contributed by atoms with E-state index in [9.17, 15) is 10.1 Å². The second-order valence-electron chi connectivity index (χ2n) is 4.52.